The molecule has 1 N–H and O–H groups in total. The molecular weight excluding hydrogens is 430 g/mol. The van der Waals surface area contributed by atoms with Crippen molar-refractivity contribution in [1.29, 1.82) is 0 Å². The zero-order valence-corrected chi connectivity index (χ0v) is 16.4. The van der Waals surface area contributed by atoms with E-state index in [4.69, 9.17) is 5.11 Å². The van der Waals surface area contributed by atoms with Gasteiger partial charge in [0, 0.05) is 26.2 Å². The van der Waals surface area contributed by atoms with Crippen LogP contribution in [0.4, 0.5) is 22.7 Å². The van der Waals surface area contributed by atoms with Gasteiger partial charge in [0.15, 0.2) is 5.13 Å². The van der Waals surface area contributed by atoms with Crippen LogP contribution in [0.3, 0.4) is 0 Å². The summed E-state index contributed by atoms with van der Waals surface area (Å²) in [5.74, 6) is -1.04. The van der Waals surface area contributed by atoms with Gasteiger partial charge in [-0.15, -0.1) is 0 Å². The van der Waals surface area contributed by atoms with Gasteiger partial charge < -0.3 is 19.5 Å². The summed E-state index contributed by atoms with van der Waals surface area (Å²) in [6.45, 7) is -4.20. The number of carboxylic acid groups (broad SMARTS) is 1. The van der Waals surface area contributed by atoms with E-state index >= 15 is 0 Å². The van der Waals surface area contributed by atoms with Gasteiger partial charge in [0.2, 0.25) is 0 Å². The van der Waals surface area contributed by atoms with Gasteiger partial charge in [0.25, 0.3) is 0 Å². The second-order valence-electron chi connectivity index (χ2n) is 6.51. The molecular formula is C18H19F4N3O4S. The molecule has 0 radical (unpaired) electrons. The molecule has 1 aromatic carbocycles. The minimum absolute atomic E-state index is 0.0554. The first kappa shape index (κ1) is 22.2. The Morgan fingerprint density at radius 3 is 2.53 bits per heavy atom. The summed E-state index contributed by atoms with van der Waals surface area (Å²) in [7, 11) is 0. The van der Waals surface area contributed by atoms with Crippen molar-refractivity contribution in [3.05, 3.63) is 40.9 Å². The van der Waals surface area contributed by atoms with E-state index in [-0.39, 0.29) is 17.2 Å². The summed E-state index contributed by atoms with van der Waals surface area (Å²) in [4.78, 5) is 19.1. The summed E-state index contributed by atoms with van der Waals surface area (Å²) in [5.41, 5.74) is 0.848. The highest BCUT2D eigenvalue weighted by Crippen LogP contribution is 2.27. The van der Waals surface area contributed by atoms with E-state index in [1.54, 1.807) is 17.0 Å². The minimum atomic E-state index is -2.92. The van der Waals surface area contributed by atoms with Gasteiger partial charge in [-0.05, 0) is 17.7 Å². The lowest BCUT2D eigenvalue weighted by Crippen LogP contribution is -2.55. The number of ether oxygens (including phenoxy) is 2. The lowest BCUT2D eigenvalue weighted by atomic mass is 10.1. The monoisotopic (exact) mass is 449 g/mol. The second kappa shape index (κ2) is 10.0. The van der Waals surface area contributed by atoms with E-state index in [1.807, 2.05) is 4.90 Å². The van der Waals surface area contributed by atoms with Gasteiger partial charge in [0.1, 0.15) is 10.6 Å². The second-order valence-corrected chi connectivity index (χ2v) is 7.52. The first-order valence-corrected chi connectivity index (χ1v) is 9.75. The van der Waals surface area contributed by atoms with Gasteiger partial charge in [-0.25, -0.2) is 9.78 Å². The molecule has 2 aromatic rings. The molecule has 1 fully saturated rings. The van der Waals surface area contributed by atoms with Crippen molar-refractivity contribution in [2.24, 2.45) is 0 Å². The Balaban J connectivity index is 1.66. The van der Waals surface area contributed by atoms with Crippen molar-refractivity contribution in [3.8, 4) is 5.75 Å². The van der Waals surface area contributed by atoms with Crippen LogP contribution in [0.15, 0.2) is 30.5 Å². The molecule has 30 heavy (non-hydrogen) atoms. The fourth-order valence-corrected chi connectivity index (χ4v) is 4.03. The zero-order valence-electron chi connectivity index (χ0n) is 15.6. The maximum atomic E-state index is 12.6. The number of anilines is 1. The normalized spacial score (nSPS) is 17.7. The molecule has 2 heterocycles. The molecule has 0 spiro atoms. The third kappa shape index (κ3) is 6.03. The summed E-state index contributed by atoms with van der Waals surface area (Å²) >= 11 is 0.976. The number of carboxylic acids is 1. The minimum Gasteiger partial charge on any atom is -0.477 e. The molecule has 0 amide bonds. The number of halogens is 4. The highest BCUT2D eigenvalue weighted by atomic mass is 32.1. The first-order chi connectivity index (χ1) is 14.3. The van der Waals surface area contributed by atoms with Crippen LogP contribution in [0.1, 0.15) is 15.2 Å². The average molecular weight is 449 g/mol. The SMILES string of the molecule is O=C(O)c1cnc(N2CCN(Cc3ccc(OC(F)F)cc3)C[C@H]2COC(F)F)s1. The number of aromatic nitrogens is 1. The predicted octanol–water partition coefficient (Wildman–Crippen LogP) is 3.37. The fraction of sp³-hybridized carbons (Fsp3) is 0.444. The maximum Gasteiger partial charge on any atom is 0.387 e. The Morgan fingerprint density at radius 1 is 1.20 bits per heavy atom. The number of nitrogens with zero attached hydrogens (tertiary/aromatic N) is 3. The van der Waals surface area contributed by atoms with Crippen LogP contribution >= 0.6 is 11.3 Å². The van der Waals surface area contributed by atoms with Crippen LogP contribution in [-0.2, 0) is 11.3 Å². The molecule has 3 rings (SSSR count). The van der Waals surface area contributed by atoms with Crippen molar-refractivity contribution in [1.82, 2.24) is 9.88 Å². The smallest absolute Gasteiger partial charge is 0.387 e. The molecule has 0 aliphatic carbocycles. The Hall–Kier alpha value is -2.44. The summed E-state index contributed by atoms with van der Waals surface area (Å²) < 4.78 is 58.5. The molecule has 7 nitrogen and oxygen atoms in total. The zero-order chi connectivity index (χ0) is 21.7. The van der Waals surface area contributed by atoms with E-state index in [0.717, 1.165) is 16.9 Å². The number of aromatic carboxylic acids is 1. The quantitative estimate of drug-likeness (QED) is 0.589. The molecule has 0 saturated carbocycles. The molecule has 1 aliphatic rings. The summed E-state index contributed by atoms with van der Waals surface area (Å²) in [5, 5.41) is 9.52. The number of hydrogen-bond acceptors (Lipinski definition) is 7. The first-order valence-electron chi connectivity index (χ1n) is 8.93. The Bertz CT molecular complexity index is 837. The van der Waals surface area contributed by atoms with E-state index in [1.165, 1.54) is 18.3 Å². The van der Waals surface area contributed by atoms with Crippen molar-refractivity contribution >= 4 is 22.4 Å². The van der Waals surface area contributed by atoms with Crippen LogP contribution in [0.2, 0.25) is 0 Å². The number of benzene rings is 1. The Kier molecular flexibility index (Phi) is 7.45. The van der Waals surface area contributed by atoms with Gasteiger partial charge in [-0.2, -0.15) is 17.6 Å². The topological polar surface area (TPSA) is 75.1 Å². The van der Waals surface area contributed by atoms with Crippen LogP contribution in [0.5, 0.6) is 5.75 Å². The van der Waals surface area contributed by atoms with Crippen LogP contribution < -0.4 is 9.64 Å². The Labute approximate surface area is 173 Å². The molecule has 1 saturated heterocycles. The highest BCUT2D eigenvalue weighted by molar-refractivity contribution is 7.17. The molecule has 0 bridgehead atoms. The predicted molar refractivity (Wildman–Crippen MR) is 101 cm³/mol. The molecule has 164 valence electrons. The summed E-state index contributed by atoms with van der Waals surface area (Å²) in [6, 6.07) is 5.75. The Morgan fingerprint density at radius 2 is 1.93 bits per heavy atom. The molecule has 0 unspecified atom stereocenters. The average Bonchev–Trinajstić information content (AvgIpc) is 3.18. The number of rotatable bonds is 9. The van der Waals surface area contributed by atoms with Gasteiger partial charge in [-0.3, -0.25) is 4.90 Å². The van der Waals surface area contributed by atoms with Gasteiger partial charge >= 0.3 is 19.2 Å². The van der Waals surface area contributed by atoms with Crippen molar-refractivity contribution < 1.29 is 36.9 Å². The fourth-order valence-electron chi connectivity index (χ4n) is 3.17. The standard InChI is InChI=1S/C18H19F4N3O4S/c19-16(20)28-10-12-9-24(8-11-1-3-13(4-2-11)29-17(21)22)5-6-25(12)18-23-7-14(30-18)15(26)27/h1-4,7,12,16-17H,5-6,8-10H2,(H,26,27)/t12-/m0/s1. The van der Waals surface area contributed by atoms with Crippen molar-refractivity contribution in [3.63, 3.8) is 0 Å². The van der Waals surface area contributed by atoms with Gasteiger partial charge in [-0.1, -0.05) is 23.5 Å². The van der Waals surface area contributed by atoms with E-state index in [2.05, 4.69) is 14.5 Å². The van der Waals surface area contributed by atoms with Crippen molar-refractivity contribution in [2.75, 3.05) is 31.1 Å². The third-order valence-corrected chi connectivity index (χ3v) is 5.51. The number of alkyl halides is 4. The van der Waals surface area contributed by atoms with E-state index < -0.39 is 25.2 Å². The molecule has 12 heteroatoms. The number of thiazole rings is 1. The van der Waals surface area contributed by atoms with E-state index in [9.17, 15) is 22.4 Å². The molecule has 1 atom stereocenters. The maximum absolute atomic E-state index is 12.6. The van der Waals surface area contributed by atoms with Crippen LogP contribution in [0, 0.1) is 0 Å². The number of carbonyl (C=O) groups is 1. The summed E-state index contributed by atoms with van der Waals surface area (Å²) in [6.07, 6.45) is 1.24. The molecule has 1 aromatic heterocycles. The van der Waals surface area contributed by atoms with Gasteiger partial charge in [0.05, 0.1) is 18.8 Å². The van der Waals surface area contributed by atoms with E-state index in [0.29, 0.717) is 31.3 Å². The van der Waals surface area contributed by atoms with Crippen molar-refractivity contribution in [2.45, 2.75) is 25.8 Å². The lowest BCUT2D eigenvalue weighted by Gasteiger charge is -2.41. The van der Waals surface area contributed by atoms with Crippen LogP contribution in [0.25, 0.3) is 0 Å². The largest absolute Gasteiger partial charge is 0.477 e. The number of hydrogen-bond donors (Lipinski definition) is 1. The number of piperazine rings is 1. The lowest BCUT2D eigenvalue weighted by molar-refractivity contribution is -0.134. The van der Waals surface area contributed by atoms with Crippen LogP contribution in [-0.4, -0.2) is 66.5 Å². The third-order valence-electron chi connectivity index (χ3n) is 4.49. The molecule has 1 aliphatic heterocycles. The highest BCUT2D eigenvalue weighted by Gasteiger charge is 2.30.